The lowest BCUT2D eigenvalue weighted by Gasteiger charge is -1.95. The Labute approximate surface area is 69.5 Å². The average molecular weight is 165 g/mol. The van der Waals surface area contributed by atoms with Gasteiger partial charge in [-0.15, -0.1) is 6.42 Å². The highest BCUT2D eigenvalue weighted by molar-refractivity contribution is 5.87. The van der Waals surface area contributed by atoms with Crippen LogP contribution in [0.1, 0.15) is 16.1 Å². The number of carbonyl (C=O) groups is 1. The number of hydrogen-bond donors (Lipinski definition) is 0. The first kappa shape index (κ1) is 8.34. The Kier molecular flexibility index (Phi) is 2.49. The third-order valence-corrected chi connectivity index (χ3v) is 1.22. The maximum absolute atomic E-state index is 11.0. The van der Waals surface area contributed by atoms with Gasteiger partial charge >= 0.3 is 5.97 Å². The number of terminal acetylenes is 1. The number of carbonyl (C=O) groups excluding carboxylic acids is 1. The third kappa shape index (κ3) is 1.64. The second kappa shape index (κ2) is 3.58. The van der Waals surface area contributed by atoms with Crippen LogP contribution < -0.4 is 0 Å². The van der Waals surface area contributed by atoms with Gasteiger partial charge in [0, 0.05) is 5.56 Å². The summed E-state index contributed by atoms with van der Waals surface area (Å²) in [5.74, 6) is 1.70. The molecule has 0 saturated heterocycles. The minimum atomic E-state index is -0.581. The number of aromatic nitrogens is 1. The molecule has 0 N–H and O–H groups in total. The lowest BCUT2D eigenvalue weighted by atomic mass is 10.3. The smallest absolute Gasteiger partial charge is 0.378 e. The highest BCUT2D eigenvalue weighted by Crippen LogP contribution is 2.06. The average Bonchev–Trinajstić information content (AvgIpc) is 2.47. The van der Waals surface area contributed by atoms with Crippen molar-refractivity contribution in [1.82, 2.24) is 5.16 Å². The molecule has 62 valence electrons. The predicted molar refractivity (Wildman–Crippen MR) is 40.4 cm³/mol. The second-order valence-electron chi connectivity index (χ2n) is 2.12. The zero-order chi connectivity index (χ0) is 8.97. The molecule has 0 spiro atoms. The summed E-state index contributed by atoms with van der Waals surface area (Å²) in [6.07, 6.45) is 6.33. The van der Waals surface area contributed by atoms with Crippen molar-refractivity contribution in [2.45, 2.75) is 6.92 Å². The van der Waals surface area contributed by atoms with Crippen molar-refractivity contribution in [3.05, 3.63) is 17.5 Å². The molecular weight excluding hydrogens is 158 g/mol. The van der Waals surface area contributed by atoms with Crippen LogP contribution in [0.15, 0.2) is 10.7 Å². The molecule has 0 unspecified atom stereocenters. The fourth-order valence-electron chi connectivity index (χ4n) is 0.660. The monoisotopic (exact) mass is 165 g/mol. The van der Waals surface area contributed by atoms with Crippen LogP contribution >= 0.6 is 0 Å². The Morgan fingerprint density at radius 2 is 2.67 bits per heavy atom. The number of aryl methyl sites for hydroxylation is 1. The Morgan fingerprint density at radius 3 is 3.17 bits per heavy atom. The van der Waals surface area contributed by atoms with Crippen LogP contribution in [0.25, 0.3) is 0 Å². The number of esters is 1. The SMILES string of the molecule is C#CCOC(=O)c1oncc1C. The summed E-state index contributed by atoms with van der Waals surface area (Å²) in [5, 5.41) is 3.42. The molecule has 0 aliphatic carbocycles. The van der Waals surface area contributed by atoms with Gasteiger partial charge in [-0.2, -0.15) is 0 Å². The molecule has 1 aromatic heterocycles. The Bertz CT molecular complexity index is 321. The van der Waals surface area contributed by atoms with Gasteiger partial charge in [0.2, 0.25) is 5.76 Å². The van der Waals surface area contributed by atoms with E-state index in [1.807, 2.05) is 0 Å². The van der Waals surface area contributed by atoms with E-state index in [0.29, 0.717) is 5.56 Å². The molecule has 4 heteroatoms. The molecular formula is C8H7NO3. The van der Waals surface area contributed by atoms with Crippen LogP contribution in [0, 0.1) is 19.3 Å². The van der Waals surface area contributed by atoms with Gasteiger partial charge < -0.3 is 9.26 Å². The summed E-state index contributed by atoms with van der Waals surface area (Å²) in [4.78, 5) is 11.0. The summed E-state index contributed by atoms with van der Waals surface area (Å²) >= 11 is 0. The standard InChI is InChI=1S/C8H7NO3/c1-3-4-11-8(10)7-6(2)5-9-12-7/h1,5H,4H2,2H3. The number of ether oxygens (including phenoxy) is 1. The van der Waals surface area contributed by atoms with Crippen LogP contribution in [0.3, 0.4) is 0 Å². The lowest BCUT2D eigenvalue weighted by Crippen LogP contribution is -2.05. The van der Waals surface area contributed by atoms with Gasteiger partial charge in [0.1, 0.15) is 0 Å². The second-order valence-corrected chi connectivity index (χ2v) is 2.12. The van der Waals surface area contributed by atoms with E-state index in [2.05, 4.69) is 20.3 Å². The van der Waals surface area contributed by atoms with Crippen molar-refractivity contribution in [3.8, 4) is 12.3 Å². The number of hydrogen-bond acceptors (Lipinski definition) is 4. The van der Waals surface area contributed by atoms with Crippen LogP contribution in [-0.4, -0.2) is 17.7 Å². The van der Waals surface area contributed by atoms with Gasteiger partial charge in [-0.25, -0.2) is 4.79 Å². The molecule has 0 amide bonds. The van der Waals surface area contributed by atoms with Crippen molar-refractivity contribution in [2.24, 2.45) is 0 Å². The molecule has 0 saturated carbocycles. The Morgan fingerprint density at radius 1 is 1.92 bits per heavy atom. The van der Waals surface area contributed by atoms with Gasteiger partial charge in [0.05, 0.1) is 6.20 Å². The lowest BCUT2D eigenvalue weighted by molar-refractivity contribution is 0.0509. The van der Waals surface area contributed by atoms with Crippen LogP contribution in [-0.2, 0) is 4.74 Å². The van der Waals surface area contributed by atoms with E-state index in [4.69, 9.17) is 6.42 Å². The highest BCUT2D eigenvalue weighted by Gasteiger charge is 2.14. The van der Waals surface area contributed by atoms with Crippen molar-refractivity contribution < 1.29 is 14.1 Å². The van der Waals surface area contributed by atoms with E-state index in [-0.39, 0.29) is 12.4 Å². The normalized spacial score (nSPS) is 9.00. The fraction of sp³-hybridized carbons (Fsp3) is 0.250. The summed E-state index contributed by atoms with van der Waals surface area (Å²) in [5.41, 5.74) is 0.636. The van der Waals surface area contributed by atoms with Gasteiger partial charge in [-0.3, -0.25) is 0 Å². The Balaban J connectivity index is 2.67. The predicted octanol–water partition coefficient (Wildman–Crippen LogP) is 0.773. The maximum Gasteiger partial charge on any atom is 0.378 e. The van der Waals surface area contributed by atoms with E-state index in [1.165, 1.54) is 6.20 Å². The van der Waals surface area contributed by atoms with Crippen LogP contribution in [0.2, 0.25) is 0 Å². The molecule has 0 radical (unpaired) electrons. The molecule has 12 heavy (non-hydrogen) atoms. The van der Waals surface area contributed by atoms with Gasteiger partial charge in [0.25, 0.3) is 0 Å². The van der Waals surface area contributed by atoms with Crippen LogP contribution in [0.5, 0.6) is 0 Å². The minimum Gasteiger partial charge on any atom is -0.447 e. The molecule has 0 atom stereocenters. The molecule has 1 heterocycles. The highest BCUT2D eigenvalue weighted by atomic mass is 16.6. The first-order chi connectivity index (χ1) is 5.75. The number of rotatable bonds is 2. The zero-order valence-electron chi connectivity index (χ0n) is 6.53. The van der Waals surface area contributed by atoms with E-state index in [1.54, 1.807) is 6.92 Å². The van der Waals surface area contributed by atoms with Crippen molar-refractivity contribution in [2.75, 3.05) is 6.61 Å². The van der Waals surface area contributed by atoms with Crippen LogP contribution in [0.4, 0.5) is 0 Å². The molecule has 0 aliphatic rings. The van der Waals surface area contributed by atoms with E-state index in [9.17, 15) is 4.79 Å². The minimum absolute atomic E-state index is 0.0566. The third-order valence-electron chi connectivity index (χ3n) is 1.22. The molecule has 1 aromatic rings. The van der Waals surface area contributed by atoms with Crippen molar-refractivity contribution in [3.63, 3.8) is 0 Å². The molecule has 0 aromatic carbocycles. The van der Waals surface area contributed by atoms with Gasteiger partial charge in [-0.05, 0) is 6.92 Å². The van der Waals surface area contributed by atoms with E-state index < -0.39 is 5.97 Å². The quantitative estimate of drug-likeness (QED) is 0.479. The summed E-state index contributed by atoms with van der Waals surface area (Å²) in [7, 11) is 0. The van der Waals surface area contributed by atoms with Crippen molar-refractivity contribution in [1.29, 1.82) is 0 Å². The largest absolute Gasteiger partial charge is 0.447 e. The maximum atomic E-state index is 11.0. The zero-order valence-corrected chi connectivity index (χ0v) is 6.53. The van der Waals surface area contributed by atoms with E-state index >= 15 is 0 Å². The van der Waals surface area contributed by atoms with Crippen molar-refractivity contribution >= 4 is 5.97 Å². The summed E-state index contributed by atoms with van der Waals surface area (Å²) in [6.45, 7) is 1.64. The van der Waals surface area contributed by atoms with E-state index in [0.717, 1.165) is 0 Å². The molecule has 0 bridgehead atoms. The topological polar surface area (TPSA) is 52.3 Å². The Hall–Kier alpha value is -1.76. The van der Waals surface area contributed by atoms with Gasteiger partial charge in [-0.1, -0.05) is 11.1 Å². The summed E-state index contributed by atoms with van der Waals surface area (Å²) in [6, 6.07) is 0. The molecule has 1 rings (SSSR count). The molecule has 0 aliphatic heterocycles. The molecule has 0 fully saturated rings. The summed E-state index contributed by atoms with van der Waals surface area (Å²) < 4.78 is 9.24. The first-order valence-electron chi connectivity index (χ1n) is 3.27. The fourth-order valence-corrected chi connectivity index (χ4v) is 0.660. The molecule has 4 nitrogen and oxygen atoms in total. The first-order valence-corrected chi connectivity index (χ1v) is 3.27. The number of nitrogens with zero attached hydrogens (tertiary/aromatic N) is 1. The van der Waals surface area contributed by atoms with Gasteiger partial charge in [0.15, 0.2) is 6.61 Å².